The molecule has 21 heavy (non-hydrogen) atoms. The summed E-state index contributed by atoms with van der Waals surface area (Å²) >= 11 is 1.75. The van der Waals surface area contributed by atoms with E-state index in [1.165, 1.54) is 6.08 Å². The number of nitrogens with one attached hydrogen (secondary N) is 2. The molecule has 2 amide bonds. The first-order valence-electron chi connectivity index (χ1n) is 6.59. The Morgan fingerprint density at radius 2 is 2.00 bits per heavy atom. The molecule has 1 aromatic carbocycles. The smallest absolute Gasteiger partial charge is 0.328 e. The number of amides is 2. The first kappa shape index (κ1) is 17.1. The van der Waals surface area contributed by atoms with Gasteiger partial charge >= 0.3 is 12.0 Å². The van der Waals surface area contributed by atoms with Gasteiger partial charge in [-0.2, -0.15) is 11.8 Å². The Morgan fingerprint density at radius 3 is 2.57 bits per heavy atom. The fraction of sp³-hybridized carbons (Fsp3) is 0.333. The van der Waals surface area contributed by atoms with Gasteiger partial charge in [-0.05, 0) is 49.1 Å². The molecule has 0 radical (unpaired) electrons. The number of carboxylic acids is 1. The molecule has 0 heterocycles. The molecule has 3 N–H and O–H groups in total. The minimum Gasteiger partial charge on any atom is -0.478 e. The lowest BCUT2D eigenvalue weighted by molar-refractivity contribution is -0.131. The average Bonchev–Trinajstić information content (AvgIpc) is 2.44. The first-order valence-corrected chi connectivity index (χ1v) is 7.98. The summed E-state index contributed by atoms with van der Waals surface area (Å²) in [6.07, 6.45) is 5.53. The van der Waals surface area contributed by atoms with Gasteiger partial charge in [-0.25, -0.2) is 9.59 Å². The number of rotatable bonds is 7. The van der Waals surface area contributed by atoms with Crippen molar-refractivity contribution in [2.24, 2.45) is 0 Å². The van der Waals surface area contributed by atoms with Gasteiger partial charge in [0.05, 0.1) is 0 Å². The third-order valence-electron chi connectivity index (χ3n) is 2.72. The summed E-state index contributed by atoms with van der Waals surface area (Å²) in [5.41, 5.74) is 1.42. The van der Waals surface area contributed by atoms with E-state index in [1.54, 1.807) is 36.0 Å². The van der Waals surface area contributed by atoms with Gasteiger partial charge in [0.2, 0.25) is 0 Å². The molecule has 114 valence electrons. The molecule has 1 unspecified atom stereocenters. The fourth-order valence-electron chi connectivity index (χ4n) is 1.60. The number of aliphatic carboxylic acids is 1. The highest BCUT2D eigenvalue weighted by Crippen LogP contribution is 2.11. The van der Waals surface area contributed by atoms with E-state index >= 15 is 0 Å². The molecule has 0 spiro atoms. The fourth-order valence-corrected chi connectivity index (χ4v) is 2.19. The van der Waals surface area contributed by atoms with Crippen LogP contribution in [-0.4, -0.2) is 35.2 Å². The van der Waals surface area contributed by atoms with Crippen molar-refractivity contribution in [3.05, 3.63) is 35.9 Å². The summed E-state index contributed by atoms with van der Waals surface area (Å²) in [7, 11) is 0. The van der Waals surface area contributed by atoms with Gasteiger partial charge in [0.15, 0.2) is 0 Å². The number of carboxylic acid groups (broad SMARTS) is 1. The Kier molecular flexibility index (Phi) is 7.39. The number of anilines is 1. The summed E-state index contributed by atoms with van der Waals surface area (Å²) in [5, 5.41) is 14.1. The third-order valence-corrected chi connectivity index (χ3v) is 3.36. The van der Waals surface area contributed by atoms with Crippen molar-refractivity contribution in [3.63, 3.8) is 0 Å². The number of hydrogen-bond donors (Lipinski definition) is 3. The van der Waals surface area contributed by atoms with E-state index in [0.717, 1.165) is 23.8 Å². The van der Waals surface area contributed by atoms with Gasteiger partial charge in [-0.1, -0.05) is 12.1 Å². The topological polar surface area (TPSA) is 78.4 Å². The zero-order valence-corrected chi connectivity index (χ0v) is 12.9. The molecule has 0 aliphatic heterocycles. The Morgan fingerprint density at radius 1 is 1.33 bits per heavy atom. The van der Waals surface area contributed by atoms with E-state index < -0.39 is 5.97 Å². The molecule has 0 aromatic heterocycles. The molecule has 1 aromatic rings. The second-order valence-electron chi connectivity index (χ2n) is 4.57. The van der Waals surface area contributed by atoms with E-state index in [0.29, 0.717) is 5.69 Å². The van der Waals surface area contributed by atoms with Crippen LogP contribution in [0.2, 0.25) is 0 Å². The largest absolute Gasteiger partial charge is 0.478 e. The lowest BCUT2D eigenvalue weighted by Gasteiger charge is -2.14. The molecule has 1 rings (SSSR count). The normalized spacial score (nSPS) is 12.1. The minimum atomic E-state index is -0.990. The van der Waals surface area contributed by atoms with E-state index in [1.807, 2.05) is 13.2 Å². The lowest BCUT2D eigenvalue weighted by atomic mass is 10.2. The second-order valence-corrected chi connectivity index (χ2v) is 5.56. The molecular weight excluding hydrogens is 288 g/mol. The molecular formula is C15H20N2O3S. The summed E-state index contributed by atoms with van der Waals surface area (Å²) < 4.78 is 0. The summed E-state index contributed by atoms with van der Waals surface area (Å²) in [5.74, 6) is 0.0160. The number of urea groups is 1. The highest BCUT2D eigenvalue weighted by atomic mass is 32.2. The van der Waals surface area contributed by atoms with E-state index in [2.05, 4.69) is 10.6 Å². The summed E-state index contributed by atoms with van der Waals surface area (Å²) in [4.78, 5) is 22.2. The van der Waals surface area contributed by atoms with Gasteiger partial charge in [0.1, 0.15) is 0 Å². The van der Waals surface area contributed by atoms with Crippen molar-refractivity contribution in [3.8, 4) is 0 Å². The van der Waals surface area contributed by atoms with E-state index in [9.17, 15) is 9.59 Å². The van der Waals surface area contributed by atoms with Crippen LogP contribution in [0.4, 0.5) is 10.5 Å². The van der Waals surface area contributed by atoms with Crippen LogP contribution in [0.1, 0.15) is 18.9 Å². The molecule has 0 saturated carbocycles. The van der Waals surface area contributed by atoms with Crippen molar-refractivity contribution in [2.75, 3.05) is 17.3 Å². The SMILES string of the molecule is CSCCC(C)NC(=O)Nc1ccc(/C=C/C(=O)O)cc1. The average molecular weight is 308 g/mol. The van der Waals surface area contributed by atoms with Crippen molar-refractivity contribution in [1.29, 1.82) is 0 Å². The van der Waals surface area contributed by atoms with E-state index in [4.69, 9.17) is 5.11 Å². The van der Waals surface area contributed by atoms with Crippen LogP contribution in [-0.2, 0) is 4.79 Å². The summed E-state index contributed by atoms with van der Waals surface area (Å²) in [6.45, 7) is 1.97. The van der Waals surface area contributed by atoms with E-state index in [-0.39, 0.29) is 12.1 Å². The monoisotopic (exact) mass is 308 g/mol. The van der Waals surface area contributed by atoms with Crippen molar-refractivity contribution in [1.82, 2.24) is 5.32 Å². The van der Waals surface area contributed by atoms with Gasteiger partial charge in [-0.3, -0.25) is 0 Å². The van der Waals surface area contributed by atoms with Gasteiger partial charge in [0, 0.05) is 17.8 Å². The summed E-state index contributed by atoms with van der Waals surface area (Å²) in [6, 6.07) is 6.83. The van der Waals surface area contributed by atoms with Crippen LogP contribution in [0.25, 0.3) is 6.08 Å². The van der Waals surface area contributed by atoms with Gasteiger partial charge < -0.3 is 15.7 Å². The number of thioether (sulfide) groups is 1. The lowest BCUT2D eigenvalue weighted by Crippen LogP contribution is -2.36. The Balaban J connectivity index is 2.48. The number of carbonyl (C=O) groups excluding carboxylic acids is 1. The predicted octanol–water partition coefficient (Wildman–Crippen LogP) is 3.05. The molecule has 5 nitrogen and oxygen atoms in total. The molecule has 6 heteroatoms. The first-order chi connectivity index (χ1) is 10.0. The predicted molar refractivity (Wildman–Crippen MR) is 87.7 cm³/mol. The maximum atomic E-state index is 11.8. The highest BCUT2D eigenvalue weighted by Gasteiger charge is 2.06. The van der Waals surface area contributed by atoms with Crippen LogP contribution in [0.3, 0.4) is 0 Å². The van der Waals surface area contributed by atoms with Crippen LogP contribution in [0.15, 0.2) is 30.3 Å². The number of hydrogen-bond acceptors (Lipinski definition) is 3. The molecule has 0 aliphatic rings. The van der Waals surface area contributed by atoms with Crippen LogP contribution < -0.4 is 10.6 Å². The molecule has 0 saturated heterocycles. The molecule has 1 atom stereocenters. The minimum absolute atomic E-state index is 0.121. The third kappa shape index (κ3) is 7.41. The maximum Gasteiger partial charge on any atom is 0.328 e. The van der Waals surface area contributed by atoms with Gasteiger partial charge in [-0.15, -0.1) is 0 Å². The molecule has 0 bridgehead atoms. The van der Waals surface area contributed by atoms with Gasteiger partial charge in [0.25, 0.3) is 0 Å². The van der Waals surface area contributed by atoms with Crippen LogP contribution >= 0.6 is 11.8 Å². The Hall–Kier alpha value is -1.95. The number of benzene rings is 1. The Bertz CT molecular complexity index is 500. The zero-order chi connectivity index (χ0) is 15.7. The second kappa shape index (κ2) is 9.07. The highest BCUT2D eigenvalue weighted by molar-refractivity contribution is 7.98. The van der Waals surface area contributed by atoms with Crippen molar-refractivity contribution < 1.29 is 14.7 Å². The van der Waals surface area contributed by atoms with Crippen molar-refractivity contribution in [2.45, 2.75) is 19.4 Å². The standard InChI is InChI=1S/C15H20N2O3S/c1-11(9-10-21-2)16-15(20)17-13-6-3-12(4-7-13)5-8-14(18)19/h3-8,11H,9-10H2,1-2H3,(H,18,19)(H2,16,17,20)/b8-5+. The van der Waals surface area contributed by atoms with Crippen LogP contribution in [0.5, 0.6) is 0 Å². The quantitative estimate of drug-likeness (QED) is 0.677. The molecule has 0 fully saturated rings. The van der Waals surface area contributed by atoms with Crippen molar-refractivity contribution >= 4 is 35.5 Å². The molecule has 0 aliphatic carbocycles. The number of carbonyl (C=O) groups is 2. The Labute approximate surface area is 128 Å². The van der Waals surface area contributed by atoms with Crippen LogP contribution in [0, 0.1) is 0 Å². The zero-order valence-electron chi connectivity index (χ0n) is 12.1. The maximum absolute atomic E-state index is 11.8.